The number of β-amino-alcohol motifs (C(OH)–C–C–N with tert-alkyl or cyclic N) is 1. The molecule has 0 bridgehead atoms. The first kappa shape index (κ1) is 7.70. The summed E-state index contributed by atoms with van der Waals surface area (Å²) in [5.74, 6) is 0.552. The van der Waals surface area contributed by atoms with Crippen molar-refractivity contribution >= 4 is 16.5 Å². The predicted molar refractivity (Wildman–Crippen MR) is 49.8 cm³/mol. The van der Waals surface area contributed by atoms with Crippen molar-refractivity contribution in [1.82, 2.24) is 10.2 Å². The number of aromatic nitrogens is 2. The lowest BCUT2D eigenvalue weighted by molar-refractivity contribution is -0.00937. The highest BCUT2D eigenvalue weighted by Crippen LogP contribution is 2.45. The first-order valence-corrected chi connectivity index (χ1v) is 5.39. The molecule has 0 aromatic carbocycles. The summed E-state index contributed by atoms with van der Waals surface area (Å²) in [5.41, 5.74) is 1.31. The van der Waals surface area contributed by atoms with Crippen LogP contribution < -0.4 is 4.90 Å². The maximum Gasteiger partial charge on any atom is 0.208 e. The summed E-state index contributed by atoms with van der Waals surface area (Å²) in [7, 11) is 0. The molecule has 0 spiro atoms. The Morgan fingerprint density at radius 1 is 1.54 bits per heavy atom. The molecule has 0 unspecified atom stereocenters. The van der Waals surface area contributed by atoms with Crippen LogP contribution in [0.25, 0.3) is 0 Å². The Morgan fingerprint density at radius 3 is 2.85 bits per heavy atom. The zero-order chi connectivity index (χ0) is 8.89. The van der Waals surface area contributed by atoms with Gasteiger partial charge in [-0.1, -0.05) is 11.3 Å². The van der Waals surface area contributed by atoms with E-state index in [2.05, 4.69) is 15.1 Å². The smallest absolute Gasteiger partial charge is 0.208 e. The highest BCUT2D eigenvalue weighted by atomic mass is 32.1. The van der Waals surface area contributed by atoms with Gasteiger partial charge in [0.25, 0.3) is 0 Å². The number of aliphatic hydroxyl groups is 1. The first-order chi connectivity index (χ1) is 6.28. The summed E-state index contributed by atoms with van der Waals surface area (Å²) >= 11 is 1.53. The zero-order valence-corrected chi connectivity index (χ0v) is 8.00. The van der Waals surface area contributed by atoms with Gasteiger partial charge in [0.05, 0.1) is 13.1 Å². The minimum atomic E-state index is -0.411. The van der Waals surface area contributed by atoms with Gasteiger partial charge in [0.15, 0.2) is 0 Å². The molecule has 2 heterocycles. The number of nitrogens with zero attached hydrogens (tertiary/aromatic N) is 3. The van der Waals surface area contributed by atoms with Gasteiger partial charge in [0.1, 0.15) is 11.1 Å². The third-order valence-corrected chi connectivity index (χ3v) is 3.64. The second-order valence-corrected chi connectivity index (χ2v) is 4.77. The second-order valence-electron chi connectivity index (χ2n) is 3.96. The van der Waals surface area contributed by atoms with Crippen molar-refractivity contribution in [2.24, 2.45) is 5.92 Å². The third kappa shape index (κ3) is 1.14. The van der Waals surface area contributed by atoms with Gasteiger partial charge in [0.2, 0.25) is 5.13 Å². The van der Waals surface area contributed by atoms with Gasteiger partial charge in [0, 0.05) is 0 Å². The monoisotopic (exact) mass is 197 g/mol. The van der Waals surface area contributed by atoms with E-state index in [9.17, 15) is 5.11 Å². The molecule has 70 valence electrons. The van der Waals surface area contributed by atoms with Gasteiger partial charge >= 0.3 is 0 Å². The average molecular weight is 197 g/mol. The summed E-state index contributed by atoms with van der Waals surface area (Å²) in [6, 6.07) is 0. The maximum absolute atomic E-state index is 10.0. The van der Waals surface area contributed by atoms with Gasteiger partial charge in [-0.3, -0.25) is 0 Å². The Bertz CT molecular complexity index is 303. The summed E-state index contributed by atoms with van der Waals surface area (Å²) in [4.78, 5) is 2.09. The van der Waals surface area contributed by atoms with E-state index in [0.717, 1.165) is 18.2 Å². The molecule has 1 saturated carbocycles. The van der Waals surface area contributed by atoms with E-state index in [1.807, 2.05) is 0 Å². The number of rotatable bonds is 2. The van der Waals surface area contributed by atoms with E-state index in [0.29, 0.717) is 5.92 Å². The van der Waals surface area contributed by atoms with E-state index in [-0.39, 0.29) is 0 Å². The molecule has 1 aliphatic heterocycles. The molecule has 1 aromatic heterocycles. The van der Waals surface area contributed by atoms with Gasteiger partial charge in [-0.15, -0.1) is 10.2 Å². The van der Waals surface area contributed by atoms with Crippen LogP contribution in [-0.2, 0) is 0 Å². The van der Waals surface area contributed by atoms with E-state index < -0.39 is 5.60 Å². The Morgan fingerprint density at radius 2 is 2.31 bits per heavy atom. The van der Waals surface area contributed by atoms with Crippen molar-refractivity contribution in [3.8, 4) is 0 Å². The lowest BCUT2D eigenvalue weighted by atomic mass is 9.89. The standard InChI is InChI=1S/C8H11N3OS/c12-8(6-1-2-6)3-11(4-8)7-10-9-5-13-7/h5-6,12H,1-4H2. The lowest BCUT2D eigenvalue weighted by Gasteiger charge is -2.46. The minimum absolute atomic E-state index is 0.411. The molecule has 1 aromatic rings. The maximum atomic E-state index is 10.0. The van der Waals surface area contributed by atoms with E-state index >= 15 is 0 Å². The van der Waals surface area contributed by atoms with Crippen LogP contribution >= 0.6 is 11.3 Å². The summed E-state index contributed by atoms with van der Waals surface area (Å²) in [5, 5.41) is 18.7. The van der Waals surface area contributed by atoms with Gasteiger partial charge in [-0.25, -0.2) is 0 Å². The summed E-state index contributed by atoms with van der Waals surface area (Å²) in [6.45, 7) is 1.49. The largest absolute Gasteiger partial charge is 0.386 e. The molecule has 1 saturated heterocycles. The van der Waals surface area contributed by atoms with Crippen LogP contribution in [-0.4, -0.2) is 34.0 Å². The Kier molecular flexibility index (Phi) is 1.43. The fourth-order valence-corrected chi connectivity index (χ4v) is 2.49. The van der Waals surface area contributed by atoms with E-state index in [4.69, 9.17) is 0 Å². The summed E-state index contributed by atoms with van der Waals surface area (Å²) < 4.78 is 0. The molecule has 0 atom stereocenters. The van der Waals surface area contributed by atoms with Crippen LogP contribution in [0.2, 0.25) is 0 Å². The molecule has 4 nitrogen and oxygen atoms in total. The van der Waals surface area contributed by atoms with Crippen LogP contribution in [0.5, 0.6) is 0 Å². The van der Waals surface area contributed by atoms with Crippen LogP contribution in [0.4, 0.5) is 5.13 Å². The number of anilines is 1. The fourth-order valence-electron chi connectivity index (χ4n) is 1.93. The zero-order valence-electron chi connectivity index (χ0n) is 7.18. The SMILES string of the molecule is OC1(C2CC2)CN(c2nncs2)C1. The van der Waals surface area contributed by atoms with Gasteiger partial charge in [-0.05, 0) is 18.8 Å². The number of hydrogen-bond donors (Lipinski definition) is 1. The van der Waals surface area contributed by atoms with Crippen molar-refractivity contribution < 1.29 is 5.11 Å². The highest BCUT2D eigenvalue weighted by molar-refractivity contribution is 7.13. The van der Waals surface area contributed by atoms with Crippen LogP contribution in [0, 0.1) is 5.92 Å². The van der Waals surface area contributed by atoms with E-state index in [1.165, 1.54) is 24.2 Å². The lowest BCUT2D eigenvalue weighted by Crippen LogP contribution is -2.63. The molecule has 2 aliphatic rings. The quantitative estimate of drug-likeness (QED) is 0.750. The number of hydrogen-bond acceptors (Lipinski definition) is 5. The molecule has 3 rings (SSSR count). The van der Waals surface area contributed by atoms with Crippen molar-refractivity contribution in [1.29, 1.82) is 0 Å². The molecule has 5 heteroatoms. The van der Waals surface area contributed by atoms with Crippen molar-refractivity contribution in [3.63, 3.8) is 0 Å². The average Bonchev–Trinajstić information content (AvgIpc) is 2.77. The summed E-state index contributed by atoms with van der Waals surface area (Å²) in [6.07, 6.45) is 2.39. The fraction of sp³-hybridized carbons (Fsp3) is 0.750. The third-order valence-electron chi connectivity index (χ3n) is 2.89. The van der Waals surface area contributed by atoms with Crippen LogP contribution in [0.15, 0.2) is 5.51 Å². The predicted octanol–water partition coefficient (Wildman–Crippen LogP) is 0.499. The van der Waals surface area contributed by atoms with Crippen LogP contribution in [0.1, 0.15) is 12.8 Å². The molecule has 1 aliphatic carbocycles. The van der Waals surface area contributed by atoms with Crippen molar-refractivity contribution in [2.75, 3.05) is 18.0 Å². The molecule has 0 amide bonds. The normalized spacial score (nSPS) is 25.8. The van der Waals surface area contributed by atoms with Crippen LogP contribution in [0.3, 0.4) is 0 Å². The first-order valence-electron chi connectivity index (χ1n) is 4.51. The van der Waals surface area contributed by atoms with Gasteiger partial charge < -0.3 is 10.0 Å². The Labute approximate surface area is 80.2 Å². The van der Waals surface area contributed by atoms with E-state index in [1.54, 1.807) is 5.51 Å². The molecule has 0 radical (unpaired) electrons. The topological polar surface area (TPSA) is 49.2 Å². The Hall–Kier alpha value is -0.680. The van der Waals surface area contributed by atoms with Crippen molar-refractivity contribution in [3.05, 3.63) is 5.51 Å². The Balaban J connectivity index is 1.68. The molecule has 2 fully saturated rings. The molecular formula is C8H11N3OS. The molecular weight excluding hydrogens is 186 g/mol. The van der Waals surface area contributed by atoms with Gasteiger partial charge in [-0.2, -0.15) is 0 Å². The van der Waals surface area contributed by atoms with Crippen molar-refractivity contribution in [2.45, 2.75) is 18.4 Å². The highest BCUT2D eigenvalue weighted by Gasteiger charge is 2.52. The molecule has 13 heavy (non-hydrogen) atoms. The molecule has 1 N–H and O–H groups in total. The minimum Gasteiger partial charge on any atom is -0.386 e. The second kappa shape index (κ2) is 2.42.